The Morgan fingerprint density at radius 2 is 2.05 bits per heavy atom. The van der Waals surface area contributed by atoms with E-state index in [0.717, 1.165) is 22.7 Å². The second-order valence-electron chi connectivity index (χ2n) is 4.81. The quantitative estimate of drug-likeness (QED) is 0.692. The van der Waals surface area contributed by atoms with Crippen molar-refractivity contribution < 1.29 is 0 Å². The first-order valence-corrected chi connectivity index (χ1v) is 8.19. The number of anilines is 1. The highest BCUT2D eigenvalue weighted by atomic mass is 79.9. The zero-order chi connectivity index (χ0) is 14.7. The summed E-state index contributed by atoms with van der Waals surface area (Å²) >= 11 is 5.11. The molecule has 0 bridgehead atoms. The maximum atomic E-state index is 4.51. The van der Waals surface area contributed by atoms with Gasteiger partial charge in [-0.05, 0) is 21.5 Å². The minimum atomic E-state index is 0.752. The summed E-state index contributed by atoms with van der Waals surface area (Å²) in [6.07, 6.45) is 5.69. The molecule has 2 aromatic heterocycles. The largest absolute Gasteiger partial charge is 0.347 e. The molecule has 4 nitrogen and oxygen atoms in total. The minimum Gasteiger partial charge on any atom is -0.347 e. The second kappa shape index (κ2) is 6.41. The zero-order valence-electron chi connectivity index (χ0n) is 11.6. The number of hydrogen-bond acceptors (Lipinski definition) is 4. The Morgan fingerprint density at radius 3 is 2.76 bits per heavy atom. The molecule has 0 fully saturated rings. The van der Waals surface area contributed by atoms with E-state index in [-0.39, 0.29) is 0 Å². The fourth-order valence-electron chi connectivity index (χ4n) is 2.06. The molecule has 6 heteroatoms. The van der Waals surface area contributed by atoms with Gasteiger partial charge >= 0.3 is 0 Å². The third kappa shape index (κ3) is 3.71. The van der Waals surface area contributed by atoms with Crippen LogP contribution in [-0.4, -0.2) is 21.8 Å². The molecule has 0 aliphatic heterocycles. The highest BCUT2D eigenvalue weighted by Gasteiger charge is 2.08. The van der Waals surface area contributed by atoms with Crippen LogP contribution in [0.25, 0.3) is 0 Å². The summed E-state index contributed by atoms with van der Waals surface area (Å²) < 4.78 is 2.90. The van der Waals surface area contributed by atoms with Crippen LogP contribution in [-0.2, 0) is 13.1 Å². The molecule has 0 spiro atoms. The van der Waals surface area contributed by atoms with E-state index in [0.29, 0.717) is 0 Å². The van der Waals surface area contributed by atoms with Crippen LogP contribution in [0.2, 0.25) is 0 Å². The lowest BCUT2D eigenvalue weighted by molar-refractivity contribution is 0.693. The lowest BCUT2D eigenvalue weighted by atomic mass is 10.2. The van der Waals surface area contributed by atoms with Crippen molar-refractivity contribution in [2.75, 3.05) is 11.9 Å². The average Bonchev–Trinajstić information content (AvgIpc) is 3.10. The summed E-state index contributed by atoms with van der Waals surface area (Å²) in [6, 6.07) is 10.4. The molecule has 0 amide bonds. The van der Waals surface area contributed by atoms with Crippen molar-refractivity contribution in [3.63, 3.8) is 0 Å². The molecule has 0 radical (unpaired) electrons. The first-order chi connectivity index (χ1) is 10.2. The van der Waals surface area contributed by atoms with Gasteiger partial charge in [0.2, 0.25) is 0 Å². The van der Waals surface area contributed by atoms with Gasteiger partial charge < -0.3 is 4.90 Å². The molecule has 0 unspecified atom stereocenters. The molecule has 0 N–H and O–H groups in total. The fraction of sp³-hybridized carbons (Fsp3) is 0.200. The van der Waals surface area contributed by atoms with Crippen molar-refractivity contribution >= 4 is 32.4 Å². The van der Waals surface area contributed by atoms with Crippen molar-refractivity contribution in [1.29, 1.82) is 0 Å². The molecule has 108 valence electrons. The van der Waals surface area contributed by atoms with E-state index in [9.17, 15) is 0 Å². The van der Waals surface area contributed by atoms with E-state index in [1.807, 2.05) is 23.1 Å². The number of halogens is 1. The van der Waals surface area contributed by atoms with E-state index < -0.39 is 0 Å². The predicted octanol–water partition coefficient (Wildman–Crippen LogP) is 3.79. The molecule has 3 rings (SSSR count). The van der Waals surface area contributed by atoms with Gasteiger partial charge in [-0.25, -0.2) is 4.98 Å². The Hall–Kier alpha value is -1.66. The number of thiazole rings is 1. The SMILES string of the molecule is CN(Cc1ccccc1)c1ncc(Cn2cc(Br)cn2)s1. The third-order valence-electron chi connectivity index (χ3n) is 3.05. The third-order valence-corrected chi connectivity index (χ3v) is 4.56. The topological polar surface area (TPSA) is 34.0 Å². The van der Waals surface area contributed by atoms with Gasteiger partial charge in [0, 0.05) is 30.9 Å². The number of rotatable bonds is 5. The molecule has 0 saturated carbocycles. The first-order valence-electron chi connectivity index (χ1n) is 6.58. The van der Waals surface area contributed by atoms with Crippen molar-refractivity contribution in [2.24, 2.45) is 0 Å². The molecule has 0 saturated heterocycles. The summed E-state index contributed by atoms with van der Waals surface area (Å²) in [4.78, 5) is 7.87. The second-order valence-corrected chi connectivity index (χ2v) is 6.82. The number of nitrogens with zero attached hydrogens (tertiary/aromatic N) is 4. The summed E-state index contributed by atoms with van der Waals surface area (Å²) in [5.74, 6) is 0. The summed E-state index contributed by atoms with van der Waals surface area (Å²) in [6.45, 7) is 1.61. The van der Waals surface area contributed by atoms with Crippen LogP contribution >= 0.6 is 27.3 Å². The lowest BCUT2D eigenvalue weighted by Crippen LogP contribution is -2.15. The highest BCUT2D eigenvalue weighted by Crippen LogP contribution is 2.23. The van der Waals surface area contributed by atoms with E-state index in [1.165, 1.54) is 10.4 Å². The molecule has 3 aromatic rings. The number of aromatic nitrogens is 3. The standard InChI is InChI=1S/C15H15BrN4S/c1-19(9-12-5-3-2-4-6-12)15-17-8-14(21-15)11-20-10-13(16)7-18-20/h2-8,10H,9,11H2,1H3. The van der Waals surface area contributed by atoms with Crippen LogP contribution in [0, 0.1) is 0 Å². The van der Waals surface area contributed by atoms with Gasteiger partial charge in [0.05, 0.1) is 17.2 Å². The molecule has 21 heavy (non-hydrogen) atoms. The Morgan fingerprint density at radius 1 is 1.24 bits per heavy atom. The maximum absolute atomic E-state index is 4.51. The normalized spacial score (nSPS) is 10.8. The highest BCUT2D eigenvalue weighted by molar-refractivity contribution is 9.10. The summed E-state index contributed by atoms with van der Waals surface area (Å²) in [7, 11) is 2.07. The van der Waals surface area contributed by atoms with E-state index in [1.54, 1.807) is 17.5 Å². The van der Waals surface area contributed by atoms with Crippen LogP contribution in [0.15, 0.2) is 53.4 Å². The minimum absolute atomic E-state index is 0.752. The maximum Gasteiger partial charge on any atom is 0.185 e. The zero-order valence-corrected chi connectivity index (χ0v) is 14.0. The van der Waals surface area contributed by atoms with Crippen LogP contribution in [0.3, 0.4) is 0 Å². The Balaban J connectivity index is 1.66. The van der Waals surface area contributed by atoms with Crippen LogP contribution in [0.5, 0.6) is 0 Å². The Labute approximate surface area is 136 Å². The van der Waals surface area contributed by atoms with Gasteiger partial charge in [-0.2, -0.15) is 5.10 Å². The van der Waals surface area contributed by atoms with Crippen LogP contribution in [0.4, 0.5) is 5.13 Å². The summed E-state index contributed by atoms with van der Waals surface area (Å²) in [5.41, 5.74) is 1.28. The van der Waals surface area contributed by atoms with Gasteiger partial charge in [-0.3, -0.25) is 4.68 Å². The van der Waals surface area contributed by atoms with Crippen LogP contribution in [0.1, 0.15) is 10.4 Å². The molecule has 0 aliphatic rings. The monoisotopic (exact) mass is 362 g/mol. The molecular weight excluding hydrogens is 348 g/mol. The smallest absolute Gasteiger partial charge is 0.185 e. The number of benzene rings is 1. The van der Waals surface area contributed by atoms with E-state index in [2.05, 4.69) is 62.2 Å². The van der Waals surface area contributed by atoms with Crippen molar-refractivity contribution in [3.8, 4) is 0 Å². The molecule has 0 aliphatic carbocycles. The van der Waals surface area contributed by atoms with Gasteiger partial charge in [0.25, 0.3) is 0 Å². The van der Waals surface area contributed by atoms with Gasteiger partial charge in [-0.15, -0.1) is 0 Å². The molecule has 0 atom stereocenters. The molecule has 1 aromatic carbocycles. The van der Waals surface area contributed by atoms with Crippen molar-refractivity contribution in [1.82, 2.24) is 14.8 Å². The average molecular weight is 363 g/mol. The lowest BCUT2D eigenvalue weighted by Gasteiger charge is -2.15. The van der Waals surface area contributed by atoms with Crippen molar-refractivity contribution in [2.45, 2.75) is 13.1 Å². The van der Waals surface area contributed by atoms with Crippen molar-refractivity contribution in [3.05, 3.63) is 63.8 Å². The molecular formula is C15H15BrN4S. The molecule has 2 heterocycles. The number of hydrogen-bond donors (Lipinski definition) is 0. The van der Waals surface area contributed by atoms with Crippen LogP contribution < -0.4 is 4.90 Å². The summed E-state index contributed by atoms with van der Waals surface area (Å²) in [5, 5.41) is 5.30. The van der Waals surface area contributed by atoms with Gasteiger partial charge in [-0.1, -0.05) is 41.7 Å². The Kier molecular flexibility index (Phi) is 4.36. The van der Waals surface area contributed by atoms with E-state index in [4.69, 9.17) is 0 Å². The van der Waals surface area contributed by atoms with Gasteiger partial charge in [0.1, 0.15) is 0 Å². The Bertz CT molecular complexity index is 707. The van der Waals surface area contributed by atoms with E-state index >= 15 is 0 Å². The fourth-order valence-corrected chi connectivity index (χ4v) is 3.25. The predicted molar refractivity (Wildman–Crippen MR) is 89.7 cm³/mol. The first kappa shape index (κ1) is 14.3. The van der Waals surface area contributed by atoms with Gasteiger partial charge in [0.15, 0.2) is 5.13 Å².